The van der Waals surface area contributed by atoms with Gasteiger partial charge in [-0.2, -0.15) is 4.39 Å². The summed E-state index contributed by atoms with van der Waals surface area (Å²) < 4.78 is 26.3. The zero-order chi connectivity index (χ0) is 14.6. The van der Waals surface area contributed by atoms with Gasteiger partial charge in [-0.15, -0.1) is 6.58 Å². The number of carbonyl (C=O) groups is 1. The van der Waals surface area contributed by atoms with Crippen LogP contribution < -0.4 is 5.32 Å². The molecule has 6 nitrogen and oxygen atoms in total. The van der Waals surface area contributed by atoms with E-state index in [1.54, 1.807) is 0 Å². The second-order valence-electron chi connectivity index (χ2n) is 3.60. The van der Waals surface area contributed by atoms with Crippen LogP contribution in [0.2, 0.25) is 0 Å². The summed E-state index contributed by atoms with van der Waals surface area (Å²) in [6.07, 6.45) is 1.21. The number of halogens is 2. The van der Waals surface area contributed by atoms with E-state index in [2.05, 4.69) is 11.9 Å². The van der Waals surface area contributed by atoms with E-state index >= 15 is 0 Å². The molecule has 1 aromatic carbocycles. The number of nitro groups is 1. The van der Waals surface area contributed by atoms with Crippen LogP contribution in [-0.2, 0) is 4.79 Å². The SMILES string of the molecule is C=CCC(Nc1cc(F)cc(F)c1[N+](=O)[O-])C(=O)O. The Kier molecular flexibility index (Phi) is 4.51. The topological polar surface area (TPSA) is 92.5 Å². The van der Waals surface area contributed by atoms with Crippen LogP contribution in [0.4, 0.5) is 20.2 Å². The second-order valence-corrected chi connectivity index (χ2v) is 3.60. The van der Waals surface area contributed by atoms with Gasteiger partial charge in [0.2, 0.25) is 5.82 Å². The first kappa shape index (κ1) is 14.6. The molecule has 102 valence electrons. The third-order valence-corrected chi connectivity index (χ3v) is 2.24. The van der Waals surface area contributed by atoms with E-state index in [9.17, 15) is 23.7 Å². The minimum absolute atomic E-state index is 0.0649. The summed E-state index contributed by atoms with van der Waals surface area (Å²) in [7, 11) is 0. The van der Waals surface area contributed by atoms with E-state index < -0.39 is 39.9 Å². The molecule has 0 aromatic heterocycles. The maximum atomic E-state index is 13.3. The largest absolute Gasteiger partial charge is 0.480 e. The molecule has 1 aromatic rings. The average Bonchev–Trinajstić information content (AvgIpc) is 2.26. The Labute approximate surface area is 106 Å². The van der Waals surface area contributed by atoms with E-state index in [0.717, 1.165) is 0 Å². The third kappa shape index (κ3) is 3.47. The first-order valence-corrected chi connectivity index (χ1v) is 5.10. The van der Waals surface area contributed by atoms with Gasteiger partial charge in [0.1, 0.15) is 17.5 Å². The van der Waals surface area contributed by atoms with Crippen LogP contribution in [0.1, 0.15) is 6.42 Å². The highest BCUT2D eigenvalue weighted by Gasteiger charge is 2.25. The van der Waals surface area contributed by atoms with Gasteiger partial charge < -0.3 is 10.4 Å². The summed E-state index contributed by atoms with van der Waals surface area (Å²) in [6, 6.07) is -0.246. The highest BCUT2D eigenvalue weighted by atomic mass is 19.1. The molecule has 0 saturated carbocycles. The number of hydrogen-bond acceptors (Lipinski definition) is 4. The quantitative estimate of drug-likeness (QED) is 0.471. The molecule has 19 heavy (non-hydrogen) atoms. The molecule has 0 saturated heterocycles. The van der Waals surface area contributed by atoms with Gasteiger partial charge in [-0.25, -0.2) is 9.18 Å². The molecule has 0 fully saturated rings. The number of rotatable bonds is 6. The summed E-state index contributed by atoms with van der Waals surface area (Å²) >= 11 is 0. The number of nitrogens with zero attached hydrogens (tertiary/aromatic N) is 1. The minimum atomic E-state index is -1.38. The molecule has 0 aliphatic carbocycles. The van der Waals surface area contributed by atoms with Crippen molar-refractivity contribution in [3.63, 3.8) is 0 Å². The van der Waals surface area contributed by atoms with Crippen LogP contribution in [0.5, 0.6) is 0 Å². The Bertz CT molecular complexity index is 534. The lowest BCUT2D eigenvalue weighted by atomic mass is 10.1. The lowest BCUT2D eigenvalue weighted by Gasteiger charge is -2.14. The predicted octanol–water partition coefficient (Wildman–Crippen LogP) is 2.31. The monoisotopic (exact) mass is 272 g/mol. The highest BCUT2D eigenvalue weighted by molar-refractivity contribution is 5.79. The number of carboxylic acids is 1. The number of aliphatic carboxylic acids is 1. The van der Waals surface area contributed by atoms with Gasteiger partial charge in [0, 0.05) is 12.1 Å². The lowest BCUT2D eigenvalue weighted by molar-refractivity contribution is -0.386. The predicted molar refractivity (Wildman–Crippen MR) is 62.9 cm³/mol. The summed E-state index contributed by atoms with van der Waals surface area (Å²) in [6.45, 7) is 3.33. The van der Waals surface area contributed by atoms with Gasteiger partial charge in [-0.3, -0.25) is 10.1 Å². The summed E-state index contributed by atoms with van der Waals surface area (Å²) in [5, 5.41) is 21.8. The first-order chi connectivity index (χ1) is 8.86. The van der Waals surface area contributed by atoms with Crippen LogP contribution in [0.25, 0.3) is 0 Å². The number of hydrogen-bond donors (Lipinski definition) is 2. The maximum absolute atomic E-state index is 13.3. The van der Waals surface area contributed by atoms with Crippen molar-refractivity contribution in [1.29, 1.82) is 0 Å². The van der Waals surface area contributed by atoms with Crippen molar-refractivity contribution in [2.75, 3.05) is 5.32 Å². The molecule has 0 aliphatic heterocycles. The average molecular weight is 272 g/mol. The molecule has 2 N–H and O–H groups in total. The number of nitro benzene ring substituents is 1. The molecule has 0 bridgehead atoms. The van der Waals surface area contributed by atoms with E-state index in [1.165, 1.54) is 6.08 Å². The Morgan fingerprint density at radius 2 is 2.21 bits per heavy atom. The smallest absolute Gasteiger partial charge is 0.327 e. The summed E-state index contributed by atoms with van der Waals surface area (Å²) in [5.41, 5.74) is -1.53. The van der Waals surface area contributed by atoms with Crippen molar-refractivity contribution in [1.82, 2.24) is 0 Å². The fourth-order valence-electron chi connectivity index (χ4n) is 1.44. The molecule has 1 unspecified atom stereocenters. The molecule has 1 atom stereocenters. The van der Waals surface area contributed by atoms with Gasteiger partial charge in [-0.1, -0.05) is 6.08 Å². The van der Waals surface area contributed by atoms with Crippen LogP contribution in [-0.4, -0.2) is 22.0 Å². The Balaban J connectivity index is 3.21. The molecule has 0 amide bonds. The molecule has 1 rings (SSSR count). The number of carboxylic acid groups (broad SMARTS) is 1. The molecular weight excluding hydrogens is 262 g/mol. The van der Waals surface area contributed by atoms with Crippen LogP contribution in [0.3, 0.4) is 0 Å². The zero-order valence-corrected chi connectivity index (χ0v) is 9.60. The summed E-state index contributed by atoms with van der Waals surface area (Å²) in [4.78, 5) is 20.5. The van der Waals surface area contributed by atoms with Crippen molar-refractivity contribution in [2.24, 2.45) is 0 Å². The van der Waals surface area contributed by atoms with Crippen LogP contribution in [0.15, 0.2) is 24.8 Å². The van der Waals surface area contributed by atoms with Gasteiger partial charge in [0.05, 0.1) is 4.92 Å². The molecule has 8 heteroatoms. The van der Waals surface area contributed by atoms with E-state index in [4.69, 9.17) is 5.11 Å². The Hall–Kier alpha value is -2.51. The highest BCUT2D eigenvalue weighted by Crippen LogP contribution is 2.29. The lowest BCUT2D eigenvalue weighted by Crippen LogP contribution is -2.29. The van der Waals surface area contributed by atoms with Crippen molar-refractivity contribution < 1.29 is 23.6 Å². The standard InChI is InChI=1S/C11H10F2N2O4/c1-2-3-8(11(16)17)14-9-5-6(12)4-7(13)10(9)15(18)19/h2,4-5,8,14H,1,3H2,(H,16,17). The molecule has 0 heterocycles. The number of benzene rings is 1. The van der Waals surface area contributed by atoms with E-state index in [1.807, 2.05) is 0 Å². The number of nitrogens with one attached hydrogen (secondary N) is 1. The van der Waals surface area contributed by atoms with Gasteiger partial charge in [0.25, 0.3) is 0 Å². The Morgan fingerprint density at radius 1 is 1.58 bits per heavy atom. The molecule has 0 aliphatic rings. The van der Waals surface area contributed by atoms with E-state index in [0.29, 0.717) is 12.1 Å². The minimum Gasteiger partial charge on any atom is -0.480 e. The third-order valence-electron chi connectivity index (χ3n) is 2.24. The van der Waals surface area contributed by atoms with Gasteiger partial charge in [-0.05, 0) is 6.42 Å². The molecule has 0 radical (unpaired) electrons. The van der Waals surface area contributed by atoms with Crippen LogP contribution >= 0.6 is 0 Å². The van der Waals surface area contributed by atoms with Crippen molar-refractivity contribution >= 4 is 17.3 Å². The maximum Gasteiger partial charge on any atom is 0.327 e. The molecular formula is C11H10F2N2O4. The van der Waals surface area contributed by atoms with Crippen molar-refractivity contribution in [2.45, 2.75) is 12.5 Å². The Morgan fingerprint density at radius 3 is 2.68 bits per heavy atom. The fourth-order valence-corrected chi connectivity index (χ4v) is 1.44. The zero-order valence-electron chi connectivity index (χ0n) is 9.60. The van der Waals surface area contributed by atoms with E-state index in [-0.39, 0.29) is 6.42 Å². The first-order valence-electron chi connectivity index (χ1n) is 5.10. The number of anilines is 1. The van der Waals surface area contributed by atoms with Crippen LogP contribution in [0, 0.1) is 21.7 Å². The summed E-state index contributed by atoms with van der Waals surface area (Å²) in [5.74, 6) is -3.75. The normalized spacial score (nSPS) is 11.7. The van der Waals surface area contributed by atoms with Crippen molar-refractivity contribution in [3.8, 4) is 0 Å². The molecule has 0 spiro atoms. The fraction of sp³-hybridized carbons (Fsp3) is 0.182. The van der Waals surface area contributed by atoms with Gasteiger partial charge >= 0.3 is 11.7 Å². The van der Waals surface area contributed by atoms with Gasteiger partial charge in [0.15, 0.2) is 0 Å². The van der Waals surface area contributed by atoms with Crippen molar-refractivity contribution in [3.05, 3.63) is 46.5 Å². The second kappa shape index (κ2) is 5.89.